The van der Waals surface area contributed by atoms with Gasteiger partial charge in [-0.15, -0.1) is 0 Å². The quantitative estimate of drug-likeness (QED) is 0.199. The van der Waals surface area contributed by atoms with Crippen molar-refractivity contribution in [2.75, 3.05) is 85.9 Å². The molecule has 0 atom stereocenters. The molecule has 0 N–H and O–H groups in total. The first-order valence-corrected chi connectivity index (χ1v) is 11.9. The Morgan fingerprint density at radius 2 is 0.935 bits per heavy atom. The van der Waals surface area contributed by atoms with Crippen molar-refractivity contribution in [3.8, 4) is 0 Å². The molecular weight excluding hydrogens is 428 g/mol. The van der Waals surface area contributed by atoms with E-state index in [2.05, 4.69) is 0 Å². The molecule has 31 heavy (non-hydrogen) atoms. The summed E-state index contributed by atoms with van der Waals surface area (Å²) in [6.45, 7) is 9.55. The monoisotopic (exact) mass is 464 g/mol. The Bertz CT molecular complexity index is 635. The predicted octanol–water partition coefficient (Wildman–Crippen LogP) is 1.82. The van der Waals surface area contributed by atoms with Crippen LogP contribution >= 0.6 is 0 Å². The molecule has 0 saturated heterocycles. The maximum Gasteiger partial charge on any atom is 0.297 e. The molecule has 0 aromatic heterocycles. The minimum absolute atomic E-state index is 0.0448. The second-order valence-corrected chi connectivity index (χ2v) is 7.96. The van der Waals surface area contributed by atoms with Crippen LogP contribution in [0.3, 0.4) is 0 Å². The standard InChI is InChI=1S/C21H36O9S/c1-3-24-8-9-25-10-11-26-12-13-27-14-15-28-16-17-29-18-19-30-31(22,23)21-6-4-20(2)5-7-21/h4-7H,3,8-19H2,1-2H3. The van der Waals surface area contributed by atoms with Gasteiger partial charge in [0.15, 0.2) is 0 Å². The Morgan fingerprint density at radius 3 is 1.32 bits per heavy atom. The van der Waals surface area contributed by atoms with E-state index in [0.29, 0.717) is 72.7 Å². The molecule has 0 amide bonds. The van der Waals surface area contributed by atoms with E-state index in [9.17, 15) is 8.42 Å². The van der Waals surface area contributed by atoms with Gasteiger partial charge in [-0.1, -0.05) is 17.7 Å². The highest BCUT2D eigenvalue weighted by molar-refractivity contribution is 7.86. The molecule has 1 aromatic carbocycles. The third-order valence-corrected chi connectivity index (χ3v) is 5.17. The van der Waals surface area contributed by atoms with E-state index in [-0.39, 0.29) is 18.1 Å². The molecule has 0 spiro atoms. The maximum atomic E-state index is 12.0. The van der Waals surface area contributed by atoms with E-state index < -0.39 is 10.1 Å². The average Bonchev–Trinajstić information content (AvgIpc) is 2.75. The van der Waals surface area contributed by atoms with Crippen LogP contribution in [0.5, 0.6) is 0 Å². The van der Waals surface area contributed by atoms with E-state index in [4.69, 9.17) is 32.6 Å². The molecule has 0 unspecified atom stereocenters. The molecule has 1 aromatic rings. The largest absolute Gasteiger partial charge is 0.379 e. The molecule has 1 rings (SSSR count). The minimum Gasteiger partial charge on any atom is -0.379 e. The lowest BCUT2D eigenvalue weighted by Crippen LogP contribution is -2.15. The Hall–Kier alpha value is -1.11. The number of hydrogen-bond donors (Lipinski definition) is 0. The summed E-state index contributed by atoms with van der Waals surface area (Å²) in [4.78, 5) is 0.137. The predicted molar refractivity (Wildman–Crippen MR) is 115 cm³/mol. The number of rotatable bonds is 21. The van der Waals surface area contributed by atoms with E-state index in [1.165, 1.54) is 12.1 Å². The van der Waals surface area contributed by atoms with Gasteiger partial charge >= 0.3 is 0 Å². The summed E-state index contributed by atoms with van der Waals surface area (Å²) in [5.41, 5.74) is 0.982. The van der Waals surface area contributed by atoms with Gasteiger partial charge in [-0.3, -0.25) is 4.18 Å². The SMILES string of the molecule is CCOCCOCCOCCOCCOCCOCCOS(=O)(=O)c1ccc(C)cc1. The van der Waals surface area contributed by atoms with Crippen molar-refractivity contribution in [2.45, 2.75) is 18.7 Å². The summed E-state index contributed by atoms with van der Waals surface area (Å²) < 4.78 is 60.8. The van der Waals surface area contributed by atoms with Gasteiger partial charge in [-0.05, 0) is 26.0 Å². The van der Waals surface area contributed by atoms with Gasteiger partial charge in [-0.2, -0.15) is 8.42 Å². The molecule has 0 fully saturated rings. The smallest absolute Gasteiger partial charge is 0.297 e. The molecule has 0 radical (unpaired) electrons. The van der Waals surface area contributed by atoms with Gasteiger partial charge in [0.25, 0.3) is 10.1 Å². The highest BCUT2D eigenvalue weighted by Crippen LogP contribution is 2.12. The van der Waals surface area contributed by atoms with Crippen LogP contribution < -0.4 is 0 Å². The molecule has 0 aliphatic carbocycles. The van der Waals surface area contributed by atoms with Crippen molar-refractivity contribution in [1.29, 1.82) is 0 Å². The first-order chi connectivity index (χ1) is 15.1. The lowest BCUT2D eigenvalue weighted by molar-refractivity contribution is -0.0172. The average molecular weight is 465 g/mol. The number of ether oxygens (including phenoxy) is 6. The Kier molecular flexibility index (Phi) is 16.6. The Morgan fingerprint density at radius 1 is 0.581 bits per heavy atom. The lowest BCUT2D eigenvalue weighted by Gasteiger charge is -2.08. The van der Waals surface area contributed by atoms with E-state index >= 15 is 0 Å². The summed E-state index contributed by atoms with van der Waals surface area (Å²) in [7, 11) is -3.75. The van der Waals surface area contributed by atoms with Crippen LogP contribution in [-0.2, 0) is 42.7 Å². The van der Waals surface area contributed by atoms with Gasteiger partial charge < -0.3 is 28.4 Å². The summed E-state index contributed by atoms with van der Waals surface area (Å²) in [6.07, 6.45) is 0. The van der Waals surface area contributed by atoms with Crippen LogP contribution in [0.1, 0.15) is 12.5 Å². The molecule has 0 bridgehead atoms. The zero-order valence-corrected chi connectivity index (χ0v) is 19.4. The van der Waals surface area contributed by atoms with E-state index in [1.807, 2.05) is 13.8 Å². The normalized spacial score (nSPS) is 11.8. The van der Waals surface area contributed by atoms with Crippen LogP contribution in [-0.4, -0.2) is 94.3 Å². The van der Waals surface area contributed by atoms with Gasteiger partial charge in [-0.25, -0.2) is 0 Å². The van der Waals surface area contributed by atoms with Crippen LogP contribution in [0.25, 0.3) is 0 Å². The minimum atomic E-state index is -3.75. The van der Waals surface area contributed by atoms with Crippen LogP contribution in [0.2, 0.25) is 0 Å². The van der Waals surface area contributed by atoms with Crippen molar-refractivity contribution in [3.63, 3.8) is 0 Å². The number of benzene rings is 1. The zero-order valence-electron chi connectivity index (χ0n) is 18.6. The first kappa shape index (κ1) is 27.9. The molecular formula is C21H36O9S. The Balaban J connectivity index is 1.82. The second-order valence-electron chi connectivity index (χ2n) is 6.35. The fourth-order valence-corrected chi connectivity index (χ4v) is 3.11. The Labute approximate surface area is 186 Å². The summed E-state index contributed by atoms with van der Waals surface area (Å²) in [6, 6.07) is 6.49. The first-order valence-electron chi connectivity index (χ1n) is 10.5. The third kappa shape index (κ3) is 15.4. The van der Waals surface area contributed by atoms with E-state index in [0.717, 1.165) is 5.56 Å². The fourth-order valence-electron chi connectivity index (χ4n) is 2.22. The lowest BCUT2D eigenvalue weighted by atomic mass is 10.2. The molecule has 9 nitrogen and oxygen atoms in total. The summed E-state index contributed by atoms with van der Waals surface area (Å²) in [5, 5.41) is 0. The van der Waals surface area contributed by atoms with Crippen LogP contribution in [0, 0.1) is 6.92 Å². The van der Waals surface area contributed by atoms with Crippen molar-refractivity contribution in [3.05, 3.63) is 29.8 Å². The molecule has 0 aliphatic rings. The van der Waals surface area contributed by atoms with Crippen LogP contribution in [0.15, 0.2) is 29.2 Å². The highest BCUT2D eigenvalue weighted by atomic mass is 32.2. The van der Waals surface area contributed by atoms with Gasteiger partial charge in [0.1, 0.15) is 0 Å². The summed E-state index contributed by atoms with van der Waals surface area (Å²) in [5.74, 6) is 0. The van der Waals surface area contributed by atoms with Crippen molar-refractivity contribution >= 4 is 10.1 Å². The zero-order chi connectivity index (χ0) is 22.6. The molecule has 0 heterocycles. The van der Waals surface area contributed by atoms with Crippen LogP contribution in [0.4, 0.5) is 0 Å². The van der Waals surface area contributed by atoms with Gasteiger partial charge in [0.2, 0.25) is 0 Å². The van der Waals surface area contributed by atoms with Crippen molar-refractivity contribution in [2.24, 2.45) is 0 Å². The molecule has 180 valence electrons. The number of hydrogen-bond acceptors (Lipinski definition) is 9. The fraction of sp³-hybridized carbons (Fsp3) is 0.714. The third-order valence-electron chi connectivity index (χ3n) is 3.84. The van der Waals surface area contributed by atoms with E-state index in [1.54, 1.807) is 12.1 Å². The highest BCUT2D eigenvalue weighted by Gasteiger charge is 2.14. The molecule has 10 heteroatoms. The van der Waals surface area contributed by atoms with Crippen molar-refractivity contribution < 1.29 is 41.0 Å². The molecule has 0 saturated carbocycles. The maximum absolute atomic E-state index is 12.0. The molecule has 0 aliphatic heterocycles. The summed E-state index contributed by atoms with van der Waals surface area (Å²) >= 11 is 0. The van der Waals surface area contributed by atoms with Gasteiger partial charge in [0.05, 0.1) is 84.2 Å². The van der Waals surface area contributed by atoms with Gasteiger partial charge in [0, 0.05) is 6.61 Å². The second kappa shape index (κ2) is 18.5. The topological polar surface area (TPSA) is 98.8 Å². The number of aryl methyl sites for hydroxylation is 1. The van der Waals surface area contributed by atoms with Crippen molar-refractivity contribution in [1.82, 2.24) is 0 Å².